The van der Waals surface area contributed by atoms with Gasteiger partial charge in [0.25, 0.3) is 5.56 Å². The zero-order valence-electron chi connectivity index (χ0n) is 20.5. The molecule has 0 N–H and O–H groups in total. The van der Waals surface area contributed by atoms with Crippen LogP contribution in [0.2, 0.25) is 10.0 Å². The lowest BCUT2D eigenvalue weighted by molar-refractivity contribution is 0.802. The standard InChI is InChI=1S/C31H22Cl2N4O/c1-20-26(24-11-6-8-14-29(24)36(20)19-22-15-16-23(32)17-27(22)33)18-34-37-30(21-9-3-2-4-10-21)35-28-13-7-5-12-25(28)31(37)38/h2-18H,19H2,1H3. The summed E-state index contributed by atoms with van der Waals surface area (Å²) >= 11 is 12.6. The molecule has 0 saturated carbocycles. The number of fused-ring (bicyclic) bond motifs is 2. The van der Waals surface area contributed by atoms with E-state index in [-0.39, 0.29) is 5.56 Å². The smallest absolute Gasteiger partial charge is 0.282 e. The molecule has 7 heteroatoms. The van der Waals surface area contributed by atoms with E-state index in [0.717, 1.165) is 33.3 Å². The number of hydrogen-bond donors (Lipinski definition) is 0. The molecule has 0 aliphatic rings. The Kier molecular flexibility index (Phi) is 6.32. The molecule has 0 spiro atoms. The van der Waals surface area contributed by atoms with Crippen LogP contribution in [0, 0.1) is 6.92 Å². The number of hydrogen-bond acceptors (Lipinski definition) is 3. The fourth-order valence-corrected chi connectivity index (χ4v) is 5.23. The van der Waals surface area contributed by atoms with Gasteiger partial charge in [0.1, 0.15) is 0 Å². The van der Waals surface area contributed by atoms with Crippen molar-refractivity contribution in [1.82, 2.24) is 14.2 Å². The van der Waals surface area contributed by atoms with Crippen molar-refractivity contribution < 1.29 is 0 Å². The first-order valence-corrected chi connectivity index (χ1v) is 12.9. The normalized spacial score (nSPS) is 11.7. The van der Waals surface area contributed by atoms with Gasteiger partial charge in [-0.1, -0.05) is 89.9 Å². The second-order valence-corrected chi connectivity index (χ2v) is 9.86. The van der Waals surface area contributed by atoms with Gasteiger partial charge in [-0.2, -0.15) is 9.78 Å². The summed E-state index contributed by atoms with van der Waals surface area (Å²) in [4.78, 5) is 18.4. The van der Waals surface area contributed by atoms with Gasteiger partial charge in [-0.3, -0.25) is 4.79 Å². The summed E-state index contributed by atoms with van der Waals surface area (Å²) in [5, 5.41) is 7.49. The van der Waals surface area contributed by atoms with Crippen LogP contribution in [0.25, 0.3) is 33.2 Å². The molecule has 2 heterocycles. The van der Waals surface area contributed by atoms with Gasteiger partial charge in [0.15, 0.2) is 5.82 Å². The van der Waals surface area contributed by atoms with Crippen LogP contribution >= 0.6 is 23.2 Å². The Hall–Kier alpha value is -4.19. The summed E-state index contributed by atoms with van der Waals surface area (Å²) in [6, 6.07) is 30.6. The first-order chi connectivity index (χ1) is 18.5. The van der Waals surface area contributed by atoms with Crippen LogP contribution in [0.15, 0.2) is 107 Å². The Labute approximate surface area is 229 Å². The van der Waals surface area contributed by atoms with Crippen molar-refractivity contribution in [3.8, 4) is 11.4 Å². The lowest BCUT2D eigenvalue weighted by Crippen LogP contribution is -2.20. The Morgan fingerprint density at radius 3 is 2.37 bits per heavy atom. The molecule has 0 saturated heterocycles. The highest BCUT2D eigenvalue weighted by atomic mass is 35.5. The lowest BCUT2D eigenvalue weighted by Gasteiger charge is -2.11. The van der Waals surface area contributed by atoms with E-state index in [1.165, 1.54) is 4.68 Å². The minimum absolute atomic E-state index is 0.222. The molecule has 5 nitrogen and oxygen atoms in total. The van der Waals surface area contributed by atoms with Gasteiger partial charge in [-0.15, -0.1) is 0 Å². The van der Waals surface area contributed by atoms with Gasteiger partial charge in [0, 0.05) is 44.3 Å². The van der Waals surface area contributed by atoms with E-state index in [1.807, 2.05) is 79.7 Å². The van der Waals surface area contributed by atoms with Crippen molar-refractivity contribution in [3.63, 3.8) is 0 Å². The molecule has 0 bridgehead atoms. The molecule has 38 heavy (non-hydrogen) atoms. The zero-order chi connectivity index (χ0) is 26.2. The third-order valence-corrected chi connectivity index (χ3v) is 7.30. The van der Waals surface area contributed by atoms with Crippen LogP contribution < -0.4 is 5.56 Å². The summed E-state index contributed by atoms with van der Waals surface area (Å²) in [6.45, 7) is 2.62. The number of benzene rings is 4. The minimum atomic E-state index is -0.222. The quantitative estimate of drug-likeness (QED) is 0.213. The van der Waals surface area contributed by atoms with Crippen LogP contribution in [-0.4, -0.2) is 20.4 Å². The molecule has 0 aliphatic heterocycles. The fourth-order valence-electron chi connectivity index (χ4n) is 4.77. The molecule has 4 aromatic carbocycles. The molecule has 0 aliphatic carbocycles. The van der Waals surface area contributed by atoms with Crippen molar-refractivity contribution in [2.45, 2.75) is 13.5 Å². The summed E-state index contributed by atoms with van der Waals surface area (Å²) < 4.78 is 3.59. The first kappa shape index (κ1) is 24.2. The Morgan fingerprint density at radius 1 is 0.868 bits per heavy atom. The topological polar surface area (TPSA) is 52.2 Å². The number of rotatable bonds is 5. The minimum Gasteiger partial charge on any atom is -0.340 e. The predicted octanol–water partition coefficient (Wildman–Crippen LogP) is 7.56. The summed E-state index contributed by atoms with van der Waals surface area (Å²) in [5.74, 6) is 0.486. The molecule has 2 aromatic heterocycles. The Bertz CT molecular complexity index is 1910. The van der Waals surface area contributed by atoms with Gasteiger partial charge < -0.3 is 4.57 Å². The Morgan fingerprint density at radius 2 is 1.58 bits per heavy atom. The van der Waals surface area contributed by atoms with Crippen LogP contribution in [-0.2, 0) is 6.54 Å². The Balaban J connectivity index is 1.52. The average Bonchev–Trinajstić information content (AvgIpc) is 3.20. The molecule has 6 rings (SSSR count). The monoisotopic (exact) mass is 536 g/mol. The summed E-state index contributed by atoms with van der Waals surface area (Å²) in [7, 11) is 0. The SMILES string of the molecule is Cc1c(C=Nn2c(-c3ccccc3)nc3ccccc3c2=O)c2ccccc2n1Cc1ccc(Cl)cc1Cl. The van der Waals surface area contributed by atoms with Gasteiger partial charge in [-0.05, 0) is 42.8 Å². The molecule has 6 aromatic rings. The van der Waals surface area contributed by atoms with E-state index in [0.29, 0.717) is 33.3 Å². The third kappa shape index (κ3) is 4.30. The van der Waals surface area contributed by atoms with E-state index < -0.39 is 0 Å². The molecule has 0 amide bonds. The third-order valence-electron chi connectivity index (χ3n) is 6.71. The fraction of sp³-hybridized carbons (Fsp3) is 0.0645. The van der Waals surface area contributed by atoms with Gasteiger partial charge in [0.05, 0.1) is 17.1 Å². The largest absolute Gasteiger partial charge is 0.340 e. The van der Waals surface area contributed by atoms with Crippen molar-refractivity contribution >= 4 is 51.2 Å². The van der Waals surface area contributed by atoms with Crippen LogP contribution in [0.1, 0.15) is 16.8 Å². The number of aromatic nitrogens is 3. The van der Waals surface area contributed by atoms with Crippen LogP contribution in [0.4, 0.5) is 0 Å². The van der Waals surface area contributed by atoms with Crippen molar-refractivity contribution in [3.05, 3.63) is 134 Å². The van der Waals surface area contributed by atoms with Crippen molar-refractivity contribution in [2.75, 3.05) is 0 Å². The number of nitrogens with zero attached hydrogens (tertiary/aromatic N) is 4. The molecule has 0 atom stereocenters. The first-order valence-electron chi connectivity index (χ1n) is 12.1. The lowest BCUT2D eigenvalue weighted by atomic mass is 10.1. The summed E-state index contributed by atoms with van der Waals surface area (Å²) in [5.41, 5.74) is 5.16. The second kappa shape index (κ2) is 9.93. The molecular weight excluding hydrogens is 515 g/mol. The molecular formula is C31H22Cl2N4O. The highest BCUT2D eigenvalue weighted by Gasteiger charge is 2.16. The van der Waals surface area contributed by atoms with E-state index in [1.54, 1.807) is 18.3 Å². The molecule has 0 unspecified atom stereocenters. The maximum atomic E-state index is 13.6. The summed E-state index contributed by atoms with van der Waals surface area (Å²) in [6.07, 6.45) is 1.75. The molecule has 0 fully saturated rings. The predicted molar refractivity (Wildman–Crippen MR) is 157 cm³/mol. The van der Waals surface area contributed by atoms with Crippen LogP contribution in [0.5, 0.6) is 0 Å². The highest BCUT2D eigenvalue weighted by molar-refractivity contribution is 6.35. The van der Waals surface area contributed by atoms with Gasteiger partial charge >= 0.3 is 0 Å². The zero-order valence-corrected chi connectivity index (χ0v) is 22.0. The van der Waals surface area contributed by atoms with Gasteiger partial charge in [0.2, 0.25) is 0 Å². The van der Waals surface area contributed by atoms with Crippen LogP contribution in [0.3, 0.4) is 0 Å². The van der Waals surface area contributed by atoms with Crippen molar-refractivity contribution in [2.24, 2.45) is 5.10 Å². The molecule has 186 valence electrons. The number of halogens is 2. The van der Waals surface area contributed by atoms with E-state index in [9.17, 15) is 4.79 Å². The number of para-hydroxylation sites is 2. The van der Waals surface area contributed by atoms with E-state index in [2.05, 4.69) is 16.7 Å². The average molecular weight is 537 g/mol. The van der Waals surface area contributed by atoms with E-state index in [4.69, 9.17) is 33.3 Å². The van der Waals surface area contributed by atoms with Gasteiger partial charge in [-0.25, -0.2) is 4.98 Å². The van der Waals surface area contributed by atoms with E-state index >= 15 is 0 Å². The highest BCUT2D eigenvalue weighted by Crippen LogP contribution is 2.29. The molecule has 0 radical (unpaired) electrons. The van der Waals surface area contributed by atoms with Crippen molar-refractivity contribution in [1.29, 1.82) is 0 Å². The maximum Gasteiger partial charge on any atom is 0.282 e. The second-order valence-electron chi connectivity index (χ2n) is 9.02. The maximum absolute atomic E-state index is 13.6.